The molecule has 0 unspecified atom stereocenters. The number of cyclic esters (lactones) is 2. The normalized spacial score (nSPS) is 18.4. The molecule has 0 atom stereocenters. The minimum absolute atomic E-state index is 0.528. The molecule has 0 aromatic carbocycles. The van der Waals surface area contributed by atoms with E-state index in [9.17, 15) is 9.59 Å². The van der Waals surface area contributed by atoms with E-state index in [-0.39, 0.29) is 0 Å². The molecule has 0 aromatic rings. The molecule has 0 amide bonds. The molecule has 4 nitrogen and oxygen atoms in total. The van der Waals surface area contributed by atoms with Crippen molar-refractivity contribution in [2.45, 2.75) is 26.1 Å². The Labute approximate surface area is 70.1 Å². The number of rotatable bonds is 2. The molecular weight excluding hydrogens is 160 g/mol. The first-order chi connectivity index (χ1) is 5.72. The molecule has 1 heterocycles. The van der Waals surface area contributed by atoms with Crippen molar-refractivity contribution in [1.29, 1.82) is 0 Å². The number of carbonyl (C=O) groups is 2. The molecule has 0 N–H and O–H groups in total. The summed E-state index contributed by atoms with van der Waals surface area (Å²) in [5.74, 6) is -1.06. The van der Waals surface area contributed by atoms with Crippen LogP contribution in [-0.4, -0.2) is 18.2 Å². The molecule has 1 aliphatic rings. The van der Waals surface area contributed by atoms with Crippen LogP contribution in [0.15, 0.2) is 12.2 Å². The fourth-order valence-corrected chi connectivity index (χ4v) is 0.851. The van der Waals surface area contributed by atoms with E-state index in [0.717, 1.165) is 18.6 Å². The Morgan fingerprint density at radius 1 is 1.25 bits per heavy atom. The number of ether oxygens (including phenoxy) is 2. The predicted molar refractivity (Wildman–Crippen MR) is 40.0 cm³/mol. The molecule has 4 heteroatoms. The molecule has 0 fully saturated rings. The quantitative estimate of drug-likeness (QED) is 0.574. The fourth-order valence-electron chi connectivity index (χ4n) is 0.851. The Bertz CT molecular complexity index is 199. The number of hydrogen-bond donors (Lipinski definition) is 0. The molecule has 12 heavy (non-hydrogen) atoms. The van der Waals surface area contributed by atoms with Gasteiger partial charge >= 0.3 is 11.9 Å². The molecule has 1 aliphatic heterocycles. The van der Waals surface area contributed by atoms with Crippen LogP contribution >= 0.6 is 0 Å². The fraction of sp³-hybridized carbons (Fsp3) is 0.500. The highest BCUT2D eigenvalue weighted by molar-refractivity contribution is 5.92. The van der Waals surface area contributed by atoms with Gasteiger partial charge in [-0.05, 0) is 6.42 Å². The number of carbonyl (C=O) groups excluding carboxylic acids is 2. The van der Waals surface area contributed by atoms with Crippen molar-refractivity contribution >= 4 is 11.9 Å². The lowest BCUT2D eigenvalue weighted by atomic mass is 10.3. The summed E-state index contributed by atoms with van der Waals surface area (Å²) in [6.45, 7) is 1.92. The van der Waals surface area contributed by atoms with E-state index in [2.05, 4.69) is 0 Å². The van der Waals surface area contributed by atoms with E-state index in [0.29, 0.717) is 6.42 Å². The number of hydrogen-bond acceptors (Lipinski definition) is 4. The highest BCUT2D eigenvalue weighted by Crippen LogP contribution is 2.08. The first-order valence-corrected chi connectivity index (χ1v) is 3.81. The molecule has 0 aromatic heterocycles. The molecule has 1 rings (SSSR count). The third-order valence-corrected chi connectivity index (χ3v) is 1.38. The van der Waals surface area contributed by atoms with Crippen LogP contribution in [0.5, 0.6) is 0 Å². The van der Waals surface area contributed by atoms with E-state index >= 15 is 0 Å². The summed E-state index contributed by atoms with van der Waals surface area (Å²) in [6.07, 6.45) is 2.76. The molecule has 0 bridgehead atoms. The van der Waals surface area contributed by atoms with Crippen molar-refractivity contribution in [2.75, 3.05) is 0 Å². The summed E-state index contributed by atoms with van der Waals surface area (Å²) < 4.78 is 9.51. The van der Waals surface area contributed by atoms with Crippen molar-refractivity contribution in [1.82, 2.24) is 0 Å². The monoisotopic (exact) mass is 170 g/mol. The molecular formula is C8H10O4. The van der Waals surface area contributed by atoms with Gasteiger partial charge in [0.2, 0.25) is 6.29 Å². The molecule has 0 saturated carbocycles. The number of esters is 2. The van der Waals surface area contributed by atoms with Crippen LogP contribution in [0.25, 0.3) is 0 Å². The van der Waals surface area contributed by atoms with Crippen molar-refractivity contribution in [2.24, 2.45) is 0 Å². The Balaban J connectivity index is 2.57. The highest BCUT2D eigenvalue weighted by atomic mass is 16.7. The van der Waals surface area contributed by atoms with Crippen LogP contribution < -0.4 is 0 Å². The van der Waals surface area contributed by atoms with Crippen molar-refractivity contribution in [3.05, 3.63) is 12.2 Å². The second kappa shape index (κ2) is 3.90. The first-order valence-electron chi connectivity index (χ1n) is 3.81. The van der Waals surface area contributed by atoms with E-state index < -0.39 is 18.2 Å². The van der Waals surface area contributed by atoms with Gasteiger partial charge in [0.15, 0.2) is 0 Å². The van der Waals surface area contributed by atoms with Gasteiger partial charge in [0.05, 0.1) is 0 Å². The van der Waals surface area contributed by atoms with Gasteiger partial charge in [-0.2, -0.15) is 0 Å². The van der Waals surface area contributed by atoms with E-state index in [1.165, 1.54) is 0 Å². The molecule has 66 valence electrons. The molecule has 0 spiro atoms. The summed E-state index contributed by atoms with van der Waals surface area (Å²) in [5, 5.41) is 0. The molecule has 0 aliphatic carbocycles. The van der Waals surface area contributed by atoms with Gasteiger partial charge in [-0.1, -0.05) is 6.92 Å². The van der Waals surface area contributed by atoms with Crippen LogP contribution in [0, 0.1) is 0 Å². The predicted octanol–water partition coefficient (Wildman–Crippen LogP) is 0.769. The smallest absolute Gasteiger partial charge is 0.334 e. The maximum atomic E-state index is 10.8. The van der Waals surface area contributed by atoms with E-state index in [4.69, 9.17) is 9.47 Å². The van der Waals surface area contributed by atoms with Crippen LogP contribution in [0.2, 0.25) is 0 Å². The zero-order valence-electron chi connectivity index (χ0n) is 6.78. The second-order valence-corrected chi connectivity index (χ2v) is 2.43. The summed E-state index contributed by atoms with van der Waals surface area (Å²) in [4.78, 5) is 21.5. The van der Waals surface area contributed by atoms with Crippen molar-refractivity contribution in [3.8, 4) is 0 Å². The Morgan fingerprint density at radius 3 is 2.17 bits per heavy atom. The summed E-state index contributed by atoms with van der Waals surface area (Å²) in [7, 11) is 0. The maximum absolute atomic E-state index is 10.8. The topological polar surface area (TPSA) is 52.6 Å². The Hall–Kier alpha value is -1.32. The van der Waals surface area contributed by atoms with Gasteiger partial charge in [-0.15, -0.1) is 0 Å². The summed E-state index contributed by atoms with van der Waals surface area (Å²) in [5.41, 5.74) is 0. The highest BCUT2D eigenvalue weighted by Gasteiger charge is 2.18. The SMILES string of the molecule is CCCC1OC(=O)C=CC(=O)O1. The third kappa shape index (κ3) is 2.38. The zero-order chi connectivity index (χ0) is 8.97. The maximum Gasteiger partial charge on any atom is 0.334 e. The largest absolute Gasteiger partial charge is 0.422 e. The van der Waals surface area contributed by atoms with Gasteiger partial charge in [0, 0.05) is 18.6 Å². The summed E-state index contributed by atoms with van der Waals surface area (Å²) in [6, 6.07) is 0. The van der Waals surface area contributed by atoms with Gasteiger partial charge in [-0.25, -0.2) is 9.59 Å². The average Bonchev–Trinajstić information content (AvgIpc) is 2.14. The lowest BCUT2D eigenvalue weighted by Gasteiger charge is -2.13. The first kappa shape index (κ1) is 8.77. The van der Waals surface area contributed by atoms with Crippen LogP contribution in [0.1, 0.15) is 19.8 Å². The Morgan fingerprint density at radius 2 is 1.75 bits per heavy atom. The molecule has 0 radical (unpaired) electrons. The van der Waals surface area contributed by atoms with E-state index in [1.807, 2.05) is 6.92 Å². The minimum atomic E-state index is -0.718. The second-order valence-electron chi connectivity index (χ2n) is 2.43. The van der Waals surface area contributed by atoms with E-state index in [1.54, 1.807) is 0 Å². The van der Waals surface area contributed by atoms with Gasteiger partial charge < -0.3 is 9.47 Å². The van der Waals surface area contributed by atoms with Crippen LogP contribution in [0.4, 0.5) is 0 Å². The lowest BCUT2D eigenvalue weighted by molar-refractivity contribution is -0.179. The zero-order valence-corrected chi connectivity index (χ0v) is 6.78. The molecule has 0 saturated heterocycles. The third-order valence-electron chi connectivity index (χ3n) is 1.38. The standard InChI is InChI=1S/C8H10O4/c1-2-3-8-11-6(9)4-5-7(10)12-8/h4-5,8H,2-3H2,1H3. The minimum Gasteiger partial charge on any atom is -0.422 e. The van der Waals surface area contributed by atoms with Gasteiger partial charge in [0.1, 0.15) is 0 Å². The van der Waals surface area contributed by atoms with Crippen molar-refractivity contribution in [3.63, 3.8) is 0 Å². The van der Waals surface area contributed by atoms with Crippen LogP contribution in [-0.2, 0) is 19.1 Å². The van der Waals surface area contributed by atoms with Crippen LogP contribution in [0.3, 0.4) is 0 Å². The lowest BCUT2D eigenvalue weighted by Crippen LogP contribution is -2.20. The van der Waals surface area contributed by atoms with Crippen molar-refractivity contribution < 1.29 is 19.1 Å². The summed E-state index contributed by atoms with van der Waals surface area (Å²) >= 11 is 0. The van der Waals surface area contributed by atoms with Gasteiger partial charge in [-0.3, -0.25) is 0 Å². The van der Waals surface area contributed by atoms with Gasteiger partial charge in [0.25, 0.3) is 0 Å². The Kier molecular flexibility index (Phi) is 2.85. The average molecular weight is 170 g/mol.